The van der Waals surface area contributed by atoms with Crippen molar-refractivity contribution in [2.24, 2.45) is 5.92 Å². The number of methoxy groups -OCH3 is 1. The lowest BCUT2D eigenvalue weighted by atomic mass is 9.90. The summed E-state index contributed by atoms with van der Waals surface area (Å²) in [6.45, 7) is 8.27. The zero-order valence-electron chi connectivity index (χ0n) is 12.7. The third-order valence-corrected chi connectivity index (χ3v) is 4.25. The van der Waals surface area contributed by atoms with E-state index in [0.717, 1.165) is 38.2 Å². The first kappa shape index (κ1) is 15.3. The standard InChI is InChI=1S/C16H25FN2O/c1-4-12(2)16(19-9-7-18-8-10-19)14-6-5-13(20-3)11-15(14)17/h5-6,11-12,16,18H,4,7-10H2,1-3H3/t12?,16-/m1/s1. The molecule has 0 radical (unpaired) electrons. The summed E-state index contributed by atoms with van der Waals surface area (Å²) in [6, 6.07) is 5.38. The summed E-state index contributed by atoms with van der Waals surface area (Å²) >= 11 is 0. The van der Waals surface area contributed by atoms with Gasteiger partial charge in [0.2, 0.25) is 0 Å². The van der Waals surface area contributed by atoms with E-state index in [-0.39, 0.29) is 11.9 Å². The van der Waals surface area contributed by atoms with Crippen molar-refractivity contribution in [3.05, 3.63) is 29.6 Å². The van der Waals surface area contributed by atoms with E-state index in [1.807, 2.05) is 12.1 Å². The Hall–Kier alpha value is -1.13. The van der Waals surface area contributed by atoms with E-state index in [9.17, 15) is 4.39 Å². The van der Waals surface area contributed by atoms with Crippen LogP contribution < -0.4 is 10.1 Å². The maximum Gasteiger partial charge on any atom is 0.131 e. The van der Waals surface area contributed by atoms with Crippen molar-refractivity contribution in [1.29, 1.82) is 0 Å². The lowest BCUT2D eigenvalue weighted by Crippen LogP contribution is -2.46. The molecule has 0 saturated carbocycles. The fourth-order valence-electron chi connectivity index (χ4n) is 2.92. The van der Waals surface area contributed by atoms with Crippen molar-refractivity contribution in [1.82, 2.24) is 10.2 Å². The molecule has 1 fully saturated rings. The van der Waals surface area contributed by atoms with E-state index >= 15 is 0 Å². The summed E-state index contributed by atoms with van der Waals surface area (Å²) in [6.07, 6.45) is 1.04. The van der Waals surface area contributed by atoms with Gasteiger partial charge in [-0.2, -0.15) is 0 Å². The Morgan fingerprint density at radius 3 is 2.60 bits per heavy atom. The first-order valence-corrected chi connectivity index (χ1v) is 7.45. The molecule has 0 amide bonds. The van der Waals surface area contributed by atoms with Gasteiger partial charge in [-0.05, 0) is 12.0 Å². The molecule has 20 heavy (non-hydrogen) atoms. The van der Waals surface area contributed by atoms with Gasteiger partial charge >= 0.3 is 0 Å². The molecule has 0 spiro atoms. The highest BCUT2D eigenvalue weighted by atomic mass is 19.1. The Labute approximate surface area is 121 Å². The molecule has 2 atom stereocenters. The van der Waals surface area contributed by atoms with Crippen LogP contribution in [0.25, 0.3) is 0 Å². The minimum Gasteiger partial charge on any atom is -0.497 e. The first-order chi connectivity index (χ1) is 9.67. The van der Waals surface area contributed by atoms with Gasteiger partial charge in [0.1, 0.15) is 11.6 Å². The second-order valence-corrected chi connectivity index (χ2v) is 5.50. The quantitative estimate of drug-likeness (QED) is 0.897. The van der Waals surface area contributed by atoms with Crippen molar-refractivity contribution in [2.45, 2.75) is 26.3 Å². The van der Waals surface area contributed by atoms with Crippen LogP contribution in [0.3, 0.4) is 0 Å². The molecule has 1 saturated heterocycles. The molecule has 4 heteroatoms. The number of hydrogen-bond acceptors (Lipinski definition) is 3. The fourth-order valence-corrected chi connectivity index (χ4v) is 2.92. The zero-order valence-corrected chi connectivity index (χ0v) is 12.7. The molecule has 1 aliphatic rings. The Kier molecular flexibility index (Phi) is 5.38. The van der Waals surface area contributed by atoms with Gasteiger partial charge in [-0.3, -0.25) is 4.90 Å². The van der Waals surface area contributed by atoms with Crippen LogP contribution >= 0.6 is 0 Å². The summed E-state index contributed by atoms with van der Waals surface area (Å²) in [5, 5.41) is 3.36. The minimum atomic E-state index is -0.159. The molecule has 3 nitrogen and oxygen atoms in total. The summed E-state index contributed by atoms with van der Waals surface area (Å²) in [4.78, 5) is 2.40. The average molecular weight is 280 g/mol. The number of hydrogen-bond donors (Lipinski definition) is 1. The summed E-state index contributed by atoms with van der Waals surface area (Å²) in [5.41, 5.74) is 0.794. The van der Waals surface area contributed by atoms with E-state index in [2.05, 4.69) is 24.1 Å². The van der Waals surface area contributed by atoms with Gasteiger partial charge in [0.15, 0.2) is 0 Å². The predicted octanol–water partition coefficient (Wildman–Crippen LogP) is 2.83. The normalized spacial score (nSPS) is 19.6. The molecule has 1 aliphatic heterocycles. The maximum atomic E-state index is 14.4. The average Bonchev–Trinajstić information content (AvgIpc) is 2.50. The number of nitrogens with zero attached hydrogens (tertiary/aromatic N) is 1. The Balaban J connectivity index is 2.30. The Morgan fingerprint density at radius 1 is 1.35 bits per heavy atom. The number of nitrogens with one attached hydrogen (secondary N) is 1. The Bertz CT molecular complexity index is 432. The topological polar surface area (TPSA) is 24.5 Å². The molecule has 1 heterocycles. The van der Waals surface area contributed by atoms with E-state index in [0.29, 0.717) is 11.7 Å². The highest BCUT2D eigenvalue weighted by Crippen LogP contribution is 2.33. The second kappa shape index (κ2) is 7.04. The smallest absolute Gasteiger partial charge is 0.131 e. The number of rotatable bonds is 5. The SMILES string of the molecule is CCC(C)[C@H](c1ccc(OC)cc1F)N1CCNCC1. The summed E-state index contributed by atoms with van der Waals surface area (Å²) in [7, 11) is 1.57. The van der Waals surface area contributed by atoms with E-state index in [1.54, 1.807) is 7.11 Å². The lowest BCUT2D eigenvalue weighted by Gasteiger charge is -2.38. The molecule has 2 rings (SSSR count). The van der Waals surface area contributed by atoms with Crippen LogP contribution in [0.4, 0.5) is 4.39 Å². The van der Waals surface area contributed by atoms with Crippen LogP contribution in [-0.4, -0.2) is 38.2 Å². The van der Waals surface area contributed by atoms with Gasteiger partial charge < -0.3 is 10.1 Å². The molecule has 1 aromatic rings. The van der Waals surface area contributed by atoms with Crippen molar-refractivity contribution < 1.29 is 9.13 Å². The third-order valence-electron chi connectivity index (χ3n) is 4.25. The highest BCUT2D eigenvalue weighted by molar-refractivity contribution is 5.31. The number of benzene rings is 1. The number of ether oxygens (including phenoxy) is 1. The van der Waals surface area contributed by atoms with Gasteiger partial charge in [0.25, 0.3) is 0 Å². The van der Waals surface area contributed by atoms with E-state index in [1.165, 1.54) is 6.07 Å². The molecular formula is C16H25FN2O. The number of piperazine rings is 1. The highest BCUT2D eigenvalue weighted by Gasteiger charge is 2.28. The van der Waals surface area contributed by atoms with Gasteiger partial charge in [-0.15, -0.1) is 0 Å². The van der Waals surface area contributed by atoms with Gasteiger partial charge in [-0.1, -0.05) is 26.3 Å². The minimum absolute atomic E-state index is 0.146. The van der Waals surface area contributed by atoms with Gasteiger partial charge in [0.05, 0.1) is 7.11 Å². The largest absolute Gasteiger partial charge is 0.497 e. The van der Waals surface area contributed by atoms with Gasteiger partial charge in [-0.25, -0.2) is 4.39 Å². The fraction of sp³-hybridized carbons (Fsp3) is 0.625. The molecular weight excluding hydrogens is 255 g/mol. The summed E-state index contributed by atoms with van der Waals surface area (Å²) < 4.78 is 19.5. The zero-order chi connectivity index (χ0) is 14.5. The van der Waals surface area contributed by atoms with Crippen LogP contribution in [0.2, 0.25) is 0 Å². The molecule has 1 aromatic carbocycles. The van der Waals surface area contributed by atoms with Crippen LogP contribution in [0.5, 0.6) is 5.75 Å². The molecule has 1 unspecified atom stereocenters. The number of halogens is 1. The van der Waals surface area contributed by atoms with Crippen molar-refractivity contribution >= 4 is 0 Å². The second-order valence-electron chi connectivity index (χ2n) is 5.50. The van der Waals surface area contributed by atoms with Crippen molar-refractivity contribution in [2.75, 3.05) is 33.3 Å². The molecule has 0 aromatic heterocycles. The summed E-state index contributed by atoms with van der Waals surface area (Å²) in [5.74, 6) is 0.846. The predicted molar refractivity (Wildman–Crippen MR) is 79.6 cm³/mol. The van der Waals surface area contributed by atoms with E-state index < -0.39 is 0 Å². The van der Waals surface area contributed by atoms with Crippen LogP contribution in [0.1, 0.15) is 31.9 Å². The van der Waals surface area contributed by atoms with E-state index in [4.69, 9.17) is 4.74 Å². The monoisotopic (exact) mass is 280 g/mol. The van der Waals surface area contributed by atoms with Gasteiger partial charge in [0, 0.05) is 43.9 Å². The van der Waals surface area contributed by atoms with Crippen LogP contribution in [-0.2, 0) is 0 Å². The molecule has 0 bridgehead atoms. The van der Waals surface area contributed by atoms with Crippen molar-refractivity contribution in [3.63, 3.8) is 0 Å². The third kappa shape index (κ3) is 3.30. The molecule has 112 valence electrons. The lowest BCUT2D eigenvalue weighted by molar-refractivity contribution is 0.125. The molecule has 0 aliphatic carbocycles. The Morgan fingerprint density at radius 2 is 2.05 bits per heavy atom. The van der Waals surface area contributed by atoms with Crippen LogP contribution in [0.15, 0.2) is 18.2 Å². The first-order valence-electron chi connectivity index (χ1n) is 7.45. The van der Waals surface area contributed by atoms with Crippen molar-refractivity contribution in [3.8, 4) is 5.75 Å². The maximum absolute atomic E-state index is 14.4. The van der Waals surface area contributed by atoms with Crippen LogP contribution in [0, 0.1) is 11.7 Å². The molecule has 1 N–H and O–H groups in total.